The van der Waals surface area contributed by atoms with Crippen molar-refractivity contribution in [2.75, 3.05) is 26.8 Å². The molecule has 0 aliphatic heterocycles. The fourth-order valence-corrected chi connectivity index (χ4v) is 3.00. The van der Waals surface area contributed by atoms with Crippen molar-refractivity contribution in [2.45, 2.75) is 33.7 Å². The highest BCUT2D eigenvalue weighted by atomic mass is 32.1. The summed E-state index contributed by atoms with van der Waals surface area (Å²) < 4.78 is 7.55. The predicted octanol–water partition coefficient (Wildman–Crippen LogP) is 3.44. The van der Waals surface area contributed by atoms with E-state index >= 15 is 0 Å². The second-order valence-corrected chi connectivity index (χ2v) is 7.23. The van der Waals surface area contributed by atoms with Gasteiger partial charge >= 0.3 is 0 Å². The van der Waals surface area contributed by atoms with E-state index in [0.717, 1.165) is 17.9 Å². The van der Waals surface area contributed by atoms with E-state index in [4.69, 9.17) is 17.0 Å². The van der Waals surface area contributed by atoms with Gasteiger partial charge in [0.1, 0.15) is 0 Å². The van der Waals surface area contributed by atoms with Crippen molar-refractivity contribution in [3.05, 3.63) is 34.6 Å². The maximum Gasteiger partial charge on any atom is 0.224 e. The molecule has 0 saturated carbocycles. The lowest BCUT2D eigenvalue weighted by molar-refractivity contribution is -0.132. The summed E-state index contributed by atoms with van der Waals surface area (Å²) in [6, 6.07) is 8.11. The van der Waals surface area contributed by atoms with Gasteiger partial charge in [0.15, 0.2) is 10.6 Å². The molecule has 0 aliphatic rings. The first kappa shape index (κ1) is 20.3. The molecule has 1 N–H and O–H groups in total. The van der Waals surface area contributed by atoms with Crippen LogP contribution in [0.2, 0.25) is 0 Å². The van der Waals surface area contributed by atoms with E-state index in [2.05, 4.69) is 24.0 Å². The van der Waals surface area contributed by atoms with Gasteiger partial charge in [0.2, 0.25) is 5.91 Å². The largest absolute Gasteiger partial charge is 0.383 e. The number of H-pyrrole nitrogens is 1. The summed E-state index contributed by atoms with van der Waals surface area (Å²) in [6.45, 7) is 8.63. The van der Waals surface area contributed by atoms with Gasteiger partial charge in [-0.25, -0.2) is 0 Å². The molecule has 1 aromatic carbocycles. The van der Waals surface area contributed by atoms with E-state index in [-0.39, 0.29) is 5.91 Å². The average Bonchev–Trinajstić information content (AvgIpc) is 2.97. The van der Waals surface area contributed by atoms with Crippen molar-refractivity contribution in [3.8, 4) is 11.4 Å². The maximum absolute atomic E-state index is 12.7. The highest BCUT2D eigenvalue weighted by Gasteiger charge is 2.16. The Morgan fingerprint density at radius 3 is 2.65 bits per heavy atom. The quantitative estimate of drug-likeness (QED) is 0.681. The van der Waals surface area contributed by atoms with Crippen LogP contribution in [0.5, 0.6) is 0 Å². The van der Waals surface area contributed by atoms with E-state index in [1.165, 1.54) is 5.56 Å². The van der Waals surface area contributed by atoms with Crippen LogP contribution in [0.3, 0.4) is 0 Å². The molecule has 0 radical (unpaired) electrons. The van der Waals surface area contributed by atoms with Gasteiger partial charge in [-0.05, 0) is 25.1 Å². The summed E-state index contributed by atoms with van der Waals surface area (Å²) >= 11 is 5.36. The summed E-state index contributed by atoms with van der Waals surface area (Å²) in [5.74, 6) is 1.28. The standard InChI is InChI=1S/C19H28N4O2S/c1-14(2)13-22(11-12-25-4)17(24)9-10-23-18(20-21-19(23)26)16-7-5-15(3)6-8-16/h5-8,14H,9-13H2,1-4H3,(H,21,26). The number of amides is 1. The molecule has 1 heterocycles. The van der Waals surface area contributed by atoms with Gasteiger partial charge in [-0.1, -0.05) is 43.7 Å². The van der Waals surface area contributed by atoms with Crippen molar-refractivity contribution in [1.82, 2.24) is 19.7 Å². The van der Waals surface area contributed by atoms with Crippen LogP contribution in [0.4, 0.5) is 0 Å². The van der Waals surface area contributed by atoms with Gasteiger partial charge in [0.25, 0.3) is 0 Å². The highest BCUT2D eigenvalue weighted by Crippen LogP contribution is 2.18. The zero-order valence-electron chi connectivity index (χ0n) is 16.0. The van der Waals surface area contributed by atoms with Crippen LogP contribution in [0.15, 0.2) is 24.3 Å². The second-order valence-electron chi connectivity index (χ2n) is 6.85. The lowest BCUT2D eigenvalue weighted by atomic mass is 10.1. The number of ether oxygens (including phenoxy) is 1. The van der Waals surface area contributed by atoms with E-state index in [0.29, 0.717) is 36.8 Å². The monoisotopic (exact) mass is 376 g/mol. The minimum Gasteiger partial charge on any atom is -0.383 e. The fraction of sp³-hybridized carbons (Fsp3) is 0.526. The topological polar surface area (TPSA) is 63.1 Å². The Balaban J connectivity index is 2.10. The van der Waals surface area contributed by atoms with Gasteiger partial charge in [0, 0.05) is 38.7 Å². The number of methoxy groups -OCH3 is 1. The number of benzene rings is 1. The van der Waals surface area contributed by atoms with Gasteiger partial charge in [-0.2, -0.15) is 5.10 Å². The zero-order chi connectivity index (χ0) is 19.1. The first-order chi connectivity index (χ1) is 12.4. The van der Waals surface area contributed by atoms with Crippen LogP contribution >= 0.6 is 12.2 Å². The number of aromatic amines is 1. The highest BCUT2D eigenvalue weighted by molar-refractivity contribution is 7.71. The summed E-state index contributed by atoms with van der Waals surface area (Å²) in [6.07, 6.45) is 0.378. The van der Waals surface area contributed by atoms with Crippen molar-refractivity contribution in [3.63, 3.8) is 0 Å². The number of carbonyl (C=O) groups is 1. The number of aromatic nitrogens is 3. The molecule has 0 aliphatic carbocycles. The molecule has 0 unspecified atom stereocenters. The molecule has 7 heteroatoms. The van der Waals surface area contributed by atoms with Crippen molar-refractivity contribution >= 4 is 18.1 Å². The second kappa shape index (κ2) is 9.64. The molecule has 2 rings (SSSR count). The summed E-state index contributed by atoms with van der Waals surface area (Å²) in [5.41, 5.74) is 2.17. The number of aryl methyl sites for hydroxylation is 1. The van der Waals surface area contributed by atoms with E-state index in [1.54, 1.807) is 7.11 Å². The van der Waals surface area contributed by atoms with Crippen LogP contribution < -0.4 is 0 Å². The van der Waals surface area contributed by atoms with E-state index < -0.39 is 0 Å². The number of nitrogens with one attached hydrogen (secondary N) is 1. The van der Waals surface area contributed by atoms with Gasteiger partial charge in [0.05, 0.1) is 6.61 Å². The normalized spacial score (nSPS) is 11.1. The van der Waals surface area contributed by atoms with Crippen LogP contribution in [0.25, 0.3) is 11.4 Å². The Kier molecular flexibility index (Phi) is 7.53. The molecular formula is C19H28N4O2S. The molecule has 1 amide bonds. The third kappa shape index (κ3) is 5.51. The number of hydrogen-bond donors (Lipinski definition) is 1. The molecule has 0 fully saturated rings. The Morgan fingerprint density at radius 2 is 2.04 bits per heavy atom. The van der Waals surface area contributed by atoms with Crippen molar-refractivity contribution in [1.29, 1.82) is 0 Å². The fourth-order valence-electron chi connectivity index (χ4n) is 2.77. The van der Waals surface area contributed by atoms with Gasteiger partial charge < -0.3 is 9.64 Å². The Labute approximate surface area is 160 Å². The average molecular weight is 377 g/mol. The first-order valence-corrected chi connectivity index (χ1v) is 9.32. The Hall–Kier alpha value is -1.99. The van der Waals surface area contributed by atoms with Crippen LogP contribution in [0, 0.1) is 17.6 Å². The molecule has 1 aromatic heterocycles. The van der Waals surface area contributed by atoms with Crippen LogP contribution in [-0.2, 0) is 16.1 Å². The molecule has 0 spiro atoms. The molecular weight excluding hydrogens is 348 g/mol. The number of carbonyl (C=O) groups excluding carboxylic acids is 1. The number of rotatable bonds is 9. The van der Waals surface area contributed by atoms with Crippen LogP contribution in [-0.4, -0.2) is 52.4 Å². The first-order valence-electron chi connectivity index (χ1n) is 8.91. The SMILES string of the molecule is COCCN(CC(C)C)C(=O)CCn1c(-c2ccc(C)cc2)n[nH]c1=S. The summed E-state index contributed by atoms with van der Waals surface area (Å²) in [4.78, 5) is 14.5. The molecule has 2 aromatic rings. The Bertz CT molecular complexity index is 765. The van der Waals surface area contributed by atoms with Crippen molar-refractivity contribution in [2.24, 2.45) is 5.92 Å². The molecule has 26 heavy (non-hydrogen) atoms. The smallest absolute Gasteiger partial charge is 0.224 e. The number of hydrogen-bond acceptors (Lipinski definition) is 4. The molecule has 0 bridgehead atoms. The minimum absolute atomic E-state index is 0.105. The lowest BCUT2D eigenvalue weighted by Crippen LogP contribution is -2.37. The van der Waals surface area contributed by atoms with E-state index in [9.17, 15) is 4.79 Å². The van der Waals surface area contributed by atoms with Crippen LogP contribution in [0.1, 0.15) is 25.8 Å². The van der Waals surface area contributed by atoms with Gasteiger partial charge in [-0.3, -0.25) is 14.5 Å². The summed E-state index contributed by atoms with van der Waals surface area (Å²) in [7, 11) is 1.65. The molecule has 0 saturated heterocycles. The molecule has 6 nitrogen and oxygen atoms in total. The zero-order valence-corrected chi connectivity index (χ0v) is 16.8. The van der Waals surface area contributed by atoms with E-state index in [1.807, 2.05) is 40.7 Å². The minimum atomic E-state index is 0.105. The third-order valence-corrected chi connectivity index (χ3v) is 4.43. The number of nitrogens with zero attached hydrogens (tertiary/aromatic N) is 3. The molecule has 142 valence electrons. The molecule has 0 atom stereocenters. The third-order valence-electron chi connectivity index (χ3n) is 4.12. The lowest BCUT2D eigenvalue weighted by Gasteiger charge is -2.24. The Morgan fingerprint density at radius 1 is 1.35 bits per heavy atom. The van der Waals surface area contributed by atoms with Gasteiger partial charge in [-0.15, -0.1) is 0 Å². The predicted molar refractivity (Wildman–Crippen MR) is 105 cm³/mol. The maximum atomic E-state index is 12.7. The summed E-state index contributed by atoms with van der Waals surface area (Å²) in [5, 5.41) is 7.18. The van der Waals surface area contributed by atoms with Crippen molar-refractivity contribution < 1.29 is 9.53 Å².